The van der Waals surface area contributed by atoms with E-state index in [4.69, 9.17) is 0 Å². The van der Waals surface area contributed by atoms with Crippen LogP contribution in [0.25, 0.3) is 0 Å². The molecular weight excluding hydrogens is 204 g/mol. The van der Waals surface area contributed by atoms with Gasteiger partial charge in [-0.15, -0.1) is 4.31 Å². The number of rotatable bonds is 2. The SMILES string of the molecule is O=[P+]([O-])OP(=O)([O-])[O-].[Na+].[Na+]. The fraction of sp³-hybridized carbons (Fsp3) is 0. The maximum absolute atomic E-state index is 9.31. The quantitative estimate of drug-likeness (QED) is 0.326. The average Bonchev–Trinajstić information content (AvgIpc) is 1.21. The molecular formula is Na2O6P2. The molecule has 0 aliphatic carbocycles. The van der Waals surface area contributed by atoms with Crippen molar-refractivity contribution in [3.63, 3.8) is 0 Å². The van der Waals surface area contributed by atoms with Crippen molar-refractivity contribution in [2.45, 2.75) is 0 Å². The third kappa shape index (κ3) is 16.6. The molecule has 0 heterocycles. The van der Waals surface area contributed by atoms with E-state index in [1.165, 1.54) is 0 Å². The molecule has 0 radical (unpaired) electrons. The molecule has 48 valence electrons. The maximum Gasteiger partial charge on any atom is 1.00 e. The Bertz CT molecular complexity index is 137. The maximum atomic E-state index is 9.31. The molecule has 1 atom stereocenters. The van der Waals surface area contributed by atoms with Crippen molar-refractivity contribution in [2.75, 3.05) is 0 Å². The van der Waals surface area contributed by atoms with Gasteiger partial charge in [0.05, 0.1) is 0 Å². The van der Waals surface area contributed by atoms with Crippen LogP contribution in [0.2, 0.25) is 0 Å². The number of hydrogen-bond acceptors (Lipinski definition) is 6. The average molecular weight is 204 g/mol. The minimum absolute atomic E-state index is 0. The Morgan fingerprint density at radius 3 is 1.60 bits per heavy atom. The van der Waals surface area contributed by atoms with Crippen molar-refractivity contribution < 1.29 is 87.2 Å². The van der Waals surface area contributed by atoms with Crippen LogP contribution in [0.1, 0.15) is 0 Å². The van der Waals surface area contributed by atoms with Crippen LogP contribution in [0.5, 0.6) is 0 Å². The summed E-state index contributed by atoms with van der Waals surface area (Å²) in [6.07, 6.45) is 0. The largest absolute Gasteiger partial charge is 1.00 e. The van der Waals surface area contributed by atoms with Gasteiger partial charge in [-0.1, -0.05) is 0 Å². The summed E-state index contributed by atoms with van der Waals surface area (Å²) in [7, 11) is -8.89. The van der Waals surface area contributed by atoms with E-state index in [0.29, 0.717) is 0 Å². The van der Waals surface area contributed by atoms with Crippen LogP contribution >= 0.6 is 16.1 Å². The molecule has 0 aromatic carbocycles. The molecule has 0 spiro atoms. The second-order valence-corrected chi connectivity index (χ2v) is 2.75. The van der Waals surface area contributed by atoms with Crippen LogP contribution in [-0.4, -0.2) is 0 Å². The summed E-state index contributed by atoms with van der Waals surface area (Å²) < 4.78 is 21.4. The standard InChI is InChI=1S/2Na.H2O6P2/c;;1-7(2)6-8(3,4)5/h;;(H2,3,4,5)/q2*+1;/p-2. The fourth-order valence-electron chi connectivity index (χ4n) is 0.0816. The van der Waals surface area contributed by atoms with Crippen molar-refractivity contribution in [1.29, 1.82) is 0 Å². The molecule has 0 aliphatic heterocycles. The summed E-state index contributed by atoms with van der Waals surface area (Å²) in [5.74, 6) is 0. The zero-order valence-electron chi connectivity index (χ0n) is 5.34. The van der Waals surface area contributed by atoms with Crippen LogP contribution < -0.4 is 73.8 Å². The van der Waals surface area contributed by atoms with E-state index >= 15 is 0 Å². The van der Waals surface area contributed by atoms with Gasteiger partial charge in [0, 0.05) is 0 Å². The zero-order chi connectivity index (χ0) is 6.78. The summed E-state index contributed by atoms with van der Waals surface area (Å²) in [5.41, 5.74) is 0. The van der Waals surface area contributed by atoms with Crippen molar-refractivity contribution in [3.8, 4) is 0 Å². The van der Waals surface area contributed by atoms with Gasteiger partial charge in [0.2, 0.25) is 0 Å². The second kappa shape index (κ2) is 7.80. The summed E-state index contributed by atoms with van der Waals surface area (Å²) in [6, 6.07) is 0. The van der Waals surface area contributed by atoms with Crippen LogP contribution in [0, 0.1) is 0 Å². The van der Waals surface area contributed by atoms with Gasteiger partial charge in [-0.05, 0) is 4.57 Å². The predicted octanol–water partition coefficient (Wildman–Crippen LogP) is -8.14. The molecule has 0 aromatic heterocycles. The Balaban J connectivity index is -0.000000245. The van der Waals surface area contributed by atoms with E-state index in [0.717, 1.165) is 0 Å². The predicted molar refractivity (Wildman–Crippen MR) is 16.3 cm³/mol. The zero-order valence-corrected chi connectivity index (χ0v) is 11.1. The first-order valence-electron chi connectivity index (χ1n) is 1.28. The molecule has 6 nitrogen and oxygen atoms in total. The summed E-state index contributed by atoms with van der Waals surface area (Å²) in [5, 5.41) is 0. The molecule has 0 aliphatic rings. The van der Waals surface area contributed by atoms with Crippen LogP contribution in [0.15, 0.2) is 0 Å². The van der Waals surface area contributed by atoms with E-state index in [1.807, 2.05) is 0 Å². The van der Waals surface area contributed by atoms with Gasteiger partial charge in [0.15, 0.2) is 0 Å². The van der Waals surface area contributed by atoms with Crippen molar-refractivity contribution in [1.82, 2.24) is 0 Å². The van der Waals surface area contributed by atoms with Crippen LogP contribution in [0.4, 0.5) is 0 Å². The first-order chi connectivity index (χ1) is 3.42. The molecule has 0 N–H and O–H groups in total. The first-order valence-corrected chi connectivity index (χ1v) is 3.83. The molecule has 0 rings (SSSR count). The summed E-state index contributed by atoms with van der Waals surface area (Å²) in [4.78, 5) is 27.9. The number of hydrogen-bond donors (Lipinski definition) is 0. The molecule has 0 saturated heterocycles. The van der Waals surface area contributed by atoms with Gasteiger partial charge in [0.1, 0.15) is 7.82 Å². The Labute approximate surface area is 102 Å². The molecule has 1 unspecified atom stereocenters. The van der Waals surface area contributed by atoms with Gasteiger partial charge < -0.3 is 19.2 Å². The van der Waals surface area contributed by atoms with Gasteiger partial charge in [-0.25, -0.2) is 0 Å². The third-order valence-electron chi connectivity index (χ3n) is 0.167. The molecule has 10 heavy (non-hydrogen) atoms. The normalized spacial score (nSPS) is 10.9. The molecule has 0 bridgehead atoms. The van der Waals surface area contributed by atoms with Crippen molar-refractivity contribution >= 4 is 16.1 Å². The molecule has 0 saturated carbocycles. The smallest absolute Gasteiger partial charge is 0.786 e. The first kappa shape index (κ1) is 18.1. The topological polar surface area (TPSA) is 113 Å². The second-order valence-electron chi connectivity index (χ2n) is 0.752. The number of phosphoric acid groups is 1. The summed E-state index contributed by atoms with van der Waals surface area (Å²) in [6.45, 7) is 0. The van der Waals surface area contributed by atoms with E-state index in [1.54, 1.807) is 0 Å². The molecule has 0 amide bonds. The molecule has 0 aromatic rings. The Kier molecular flexibility index (Phi) is 14.1. The van der Waals surface area contributed by atoms with Crippen molar-refractivity contribution in [2.24, 2.45) is 0 Å². The minimum Gasteiger partial charge on any atom is -0.786 e. The van der Waals surface area contributed by atoms with Crippen LogP contribution in [-0.2, 0) is 13.4 Å². The van der Waals surface area contributed by atoms with E-state index in [9.17, 15) is 23.8 Å². The van der Waals surface area contributed by atoms with E-state index in [-0.39, 0.29) is 59.1 Å². The van der Waals surface area contributed by atoms with Gasteiger partial charge >= 0.3 is 67.4 Å². The van der Waals surface area contributed by atoms with Gasteiger partial charge in [-0.2, -0.15) is 0 Å². The Morgan fingerprint density at radius 1 is 1.30 bits per heavy atom. The monoisotopic (exact) mass is 204 g/mol. The van der Waals surface area contributed by atoms with Crippen molar-refractivity contribution in [3.05, 3.63) is 0 Å². The van der Waals surface area contributed by atoms with E-state index < -0.39 is 16.1 Å². The minimum atomic E-state index is -5.32. The Hall–Kier alpha value is 2.17. The summed E-state index contributed by atoms with van der Waals surface area (Å²) >= 11 is 0. The van der Waals surface area contributed by atoms with Crippen LogP contribution in [0.3, 0.4) is 0 Å². The van der Waals surface area contributed by atoms with Gasteiger partial charge in [-0.3, -0.25) is 0 Å². The third-order valence-corrected chi connectivity index (χ3v) is 1.50. The fourth-order valence-corrected chi connectivity index (χ4v) is 0.735. The molecule has 0 fully saturated rings. The van der Waals surface area contributed by atoms with E-state index in [2.05, 4.69) is 4.31 Å². The Morgan fingerprint density at radius 2 is 1.60 bits per heavy atom. The molecule has 10 heteroatoms. The van der Waals surface area contributed by atoms with Gasteiger partial charge in [0.25, 0.3) is 0 Å².